The minimum Gasteiger partial charge on any atom is -0.507 e. The summed E-state index contributed by atoms with van der Waals surface area (Å²) >= 11 is 0. The zero-order chi connectivity index (χ0) is 16.7. The van der Waals surface area contributed by atoms with Crippen LogP contribution >= 0.6 is 0 Å². The summed E-state index contributed by atoms with van der Waals surface area (Å²) in [5, 5.41) is 14.9. The molecule has 1 N–H and O–H groups in total. The van der Waals surface area contributed by atoms with Gasteiger partial charge in [0.15, 0.2) is 0 Å². The second-order valence-electron chi connectivity index (χ2n) is 6.51. The van der Waals surface area contributed by atoms with Crippen LogP contribution < -0.4 is 0 Å². The van der Waals surface area contributed by atoms with Crippen LogP contribution in [0.15, 0.2) is 66.7 Å². The van der Waals surface area contributed by atoms with Crippen LogP contribution in [-0.4, -0.2) is 5.11 Å². The number of benzene rings is 4. The van der Waals surface area contributed by atoms with Crippen molar-refractivity contribution in [1.82, 2.24) is 0 Å². The molecular formula is C23H20O. The number of fused-ring (bicyclic) bond motifs is 2. The second kappa shape index (κ2) is 5.68. The van der Waals surface area contributed by atoms with Crippen molar-refractivity contribution < 1.29 is 5.11 Å². The fourth-order valence-electron chi connectivity index (χ4n) is 3.70. The zero-order valence-electron chi connectivity index (χ0n) is 14.0. The van der Waals surface area contributed by atoms with Crippen LogP contribution in [0.4, 0.5) is 0 Å². The lowest BCUT2D eigenvalue weighted by atomic mass is 9.92. The van der Waals surface area contributed by atoms with Crippen molar-refractivity contribution in [3.05, 3.63) is 89.0 Å². The molecule has 0 heterocycles. The summed E-state index contributed by atoms with van der Waals surface area (Å²) in [5.74, 6) is 0.353. The van der Waals surface area contributed by atoms with Gasteiger partial charge < -0.3 is 5.11 Å². The Kier molecular flexibility index (Phi) is 3.50. The topological polar surface area (TPSA) is 20.2 Å². The predicted molar refractivity (Wildman–Crippen MR) is 102 cm³/mol. The molecule has 0 fully saturated rings. The van der Waals surface area contributed by atoms with Gasteiger partial charge in [-0.05, 0) is 64.7 Å². The standard InChI is InChI=1S/C23H20O/c1-15-6-3-10-20-17(7-4-9-19(15)20)14-18-8-5-11-21-22(24)13-12-16(2)23(18)21/h3-13,24H,14H2,1-2H3. The van der Waals surface area contributed by atoms with Crippen molar-refractivity contribution >= 4 is 21.5 Å². The number of aryl methyl sites for hydroxylation is 2. The van der Waals surface area contributed by atoms with Gasteiger partial charge in [0.2, 0.25) is 0 Å². The molecule has 0 atom stereocenters. The number of aromatic hydroxyl groups is 1. The van der Waals surface area contributed by atoms with Gasteiger partial charge in [0, 0.05) is 5.39 Å². The summed E-state index contributed by atoms with van der Waals surface area (Å²) in [7, 11) is 0. The van der Waals surface area contributed by atoms with E-state index in [9.17, 15) is 5.11 Å². The molecule has 0 saturated carbocycles. The van der Waals surface area contributed by atoms with Gasteiger partial charge in [0.1, 0.15) is 5.75 Å². The SMILES string of the molecule is Cc1cccc2c(Cc3cccc4c(O)ccc(C)c34)cccc12. The normalized spacial score (nSPS) is 11.2. The molecule has 0 unspecified atom stereocenters. The van der Waals surface area contributed by atoms with Crippen molar-refractivity contribution in [2.45, 2.75) is 20.3 Å². The highest BCUT2D eigenvalue weighted by Crippen LogP contribution is 2.32. The molecule has 0 aromatic heterocycles. The van der Waals surface area contributed by atoms with E-state index in [2.05, 4.69) is 56.3 Å². The summed E-state index contributed by atoms with van der Waals surface area (Å²) < 4.78 is 0. The van der Waals surface area contributed by atoms with Gasteiger partial charge in [0.25, 0.3) is 0 Å². The van der Waals surface area contributed by atoms with E-state index < -0.39 is 0 Å². The van der Waals surface area contributed by atoms with E-state index in [0.29, 0.717) is 5.75 Å². The molecule has 0 saturated heterocycles. The lowest BCUT2D eigenvalue weighted by Crippen LogP contribution is -1.94. The monoisotopic (exact) mass is 312 g/mol. The van der Waals surface area contributed by atoms with Crippen molar-refractivity contribution in [2.75, 3.05) is 0 Å². The zero-order valence-corrected chi connectivity index (χ0v) is 14.0. The molecule has 1 heteroatoms. The Bertz CT molecular complexity index is 1060. The van der Waals surface area contributed by atoms with Gasteiger partial charge in [0.05, 0.1) is 0 Å². The predicted octanol–water partition coefficient (Wildman–Crippen LogP) is 5.91. The number of hydrogen-bond donors (Lipinski definition) is 1. The molecule has 24 heavy (non-hydrogen) atoms. The highest BCUT2D eigenvalue weighted by atomic mass is 16.3. The van der Waals surface area contributed by atoms with E-state index in [0.717, 1.165) is 11.8 Å². The molecule has 0 radical (unpaired) electrons. The Morgan fingerprint density at radius 2 is 1.29 bits per heavy atom. The number of rotatable bonds is 2. The molecule has 0 spiro atoms. The van der Waals surface area contributed by atoms with Crippen molar-refractivity contribution in [2.24, 2.45) is 0 Å². The first-order valence-corrected chi connectivity index (χ1v) is 8.32. The fourth-order valence-corrected chi connectivity index (χ4v) is 3.70. The van der Waals surface area contributed by atoms with Crippen LogP contribution in [0.2, 0.25) is 0 Å². The van der Waals surface area contributed by atoms with Crippen molar-refractivity contribution in [1.29, 1.82) is 0 Å². The van der Waals surface area contributed by atoms with Crippen LogP contribution in [0.5, 0.6) is 5.75 Å². The Labute approximate surface area is 142 Å². The number of hydrogen-bond acceptors (Lipinski definition) is 1. The average molecular weight is 312 g/mol. The van der Waals surface area contributed by atoms with Crippen LogP contribution in [0.25, 0.3) is 21.5 Å². The number of phenols is 1. The lowest BCUT2D eigenvalue weighted by molar-refractivity contribution is 0.481. The summed E-state index contributed by atoms with van der Waals surface area (Å²) in [6.07, 6.45) is 0.864. The molecule has 0 aliphatic rings. The van der Waals surface area contributed by atoms with E-state index in [1.165, 1.54) is 38.4 Å². The van der Waals surface area contributed by atoms with E-state index >= 15 is 0 Å². The summed E-state index contributed by atoms with van der Waals surface area (Å²) in [6, 6.07) is 23.0. The third-order valence-corrected chi connectivity index (χ3v) is 4.92. The molecular weight excluding hydrogens is 292 g/mol. The van der Waals surface area contributed by atoms with Crippen molar-refractivity contribution in [3.8, 4) is 5.75 Å². The highest BCUT2D eigenvalue weighted by molar-refractivity contribution is 5.94. The van der Waals surface area contributed by atoms with E-state index in [-0.39, 0.29) is 0 Å². The Morgan fingerprint density at radius 3 is 2.12 bits per heavy atom. The first-order valence-electron chi connectivity index (χ1n) is 8.32. The third kappa shape index (κ3) is 2.33. The summed E-state index contributed by atoms with van der Waals surface area (Å²) in [6.45, 7) is 4.27. The maximum atomic E-state index is 10.2. The van der Waals surface area contributed by atoms with Gasteiger partial charge in [-0.25, -0.2) is 0 Å². The van der Waals surface area contributed by atoms with E-state index in [4.69, 9.17) is 0 Å². The molecule has 118 valence electrons. The minimum atomic E-state index is 0.353. The molecule has 0 aliphatic carbocycles. The minimum absolute atomic E-state index is 0.353. The van der Waals surface area contributed by atoms with Gasteiger partial charge in [-0.3, -0.25) is 0 Å². The van der Waals surface area contributed by atoms with Crippen LogP contribution in [0, 0.1) is 13.8 Å². The molecule has 4 aromatic rings. The Hall–Kier alpha value is -2.80. The molecule has 1 nitrogen and oxygen atoms in total. The highest BCUT2D eigenvalue weighted by Gasteiger charge is 2.10. The average Bonchev–Trinajstić information content (AvgIpc) is 2.59. The van der Waals surface area contributed by atoms with Crippen molar-refractivity contribution in [3.63, 3.8) is 0 Å². The van der Waals surface area contributed by atoms with Crippen LogP contribution in [0.1, 0.15) is 22.3 Å². The molecule has 4 rings (SSSR count). The molecule has 0 amide bonds. The maximum absolute atomic E-state index is 10.2. The van der Waals surface area contributed by atoms with E-state index in [1.54, 1.807) is 6.07 Å². The molecule has 4 aromatic carbocycles. The second-order valence-corrected chi connectivity index (χ2v) is 6.51. The first-order chi connectivity index (χ1) is 11.6. The quantitative estimate of drug-likeness (QED) is 0.488. The summed E-state index contributed by atoms with van der Waals surface area (Å²) in [5.41, 5.74) is 5.09. The maximum Gasteiger partial charge on any atom is 0.123 e. The van der Waals surface area contributed by atoms with Gasteiger partial charge in [-0.2, -0.15) is 0 Å². The van der Waals surface area contributed by atoms with E-state index in [1.807, 2.05) is 18.2 Å². The van der Waals surface area contributed by atoms with Gasteiger partial charge in [-0.15, -0.1) is 0 Å². The largest absolute Gasteiger partial charge is 0.507 e. The smallest absolute Gasteiger partial charge is 0.123 e. The van der Waals surface area contributed by atoms with Crippen LogP contribution in [0.3, 0.4) is 0 Å². The van der Waals surface area contributed by atoms with Crippen LogP contribution in [-0.2, 0) is 6.42 Å². The van der Waals surface area contributed by atoms with Gasteiger partial charge >= 0.3 is 0 Å². The molecule has 0 aliphatic heterocycles. The van der Waals surface area contributed by atoms with Gasteiger partial charge in [-0.1, -0.05) is 60.7 Å². The lowest BCUT2D eigenvalue weighted by Gasteiger charge is -2.13. The third-order valence-electron chi connectivity index (χ3n) is 4.92. The first kappa shape index (κ1) is 14.8. The number of phenolic OH excluding ortho intramolecular Hbond substituents is 1. The summed E-state index contributed by atoms with van der Waals surface area (Å²) in [4.78, 5) is 0. The fraction of sp³-hybridized carbons (Fsp3) is 0.130. The Balaban J connectivity index is 1.93. The Morgan fingerprint density at radius 1 is 0.625 bits per heavy atom. The molecule has 0 bridgehead atoms.